The molecule has 1 aromatic rings. The average molecular weight is 231 g/mol. The molecule has 0 unspecified atom stereocenters. The topological polar surface area (TPSA) is 38.1 Å². The first-order valence-corrected chi connectivity index (χ1v) is 6.28. The first kappa shape index (κ1) is 10.6. The molecule has 90 valence electrons. The van der Waals surface area contributed by atoms with E-state index in [2.05, 4.69) is 5.10 Å². The van der Waals surface area contributed by atoms with Gasteiger partial charge in [0.15, 0.2) is 0 Å². The second kappa shape index (κ2) is 4.35. The number of likely N-dealkylation sites (tertiary alicyclic amines) is 1. The summed E-state index contributed by atoms with van der Waals surface area (Å²) in [7, 11) is 0. The third kappa shape index (κ3) is 2.40. The van der Waals surface area contributed by atoms with Crippen LogP contribution >= 0.6 is 0 Å². The molecule has 17 heavy (non-hydrogen) atoms. The number of amides is 1. The molecule has 1 amide bonds. The van der Waals surface area contributed by atoms with Crippen molar-refractivity contribution < 1.29 is 4.79 Å². The van der Waals surface area contributed by atoms with Gasteiger partial charge in [0, 0.05) is 25.5 Å². The van der Waals surface area contributed by atoms with E-state index in [1.54, 1.807) is 22.0 Å². The number of carbonyl (C=O) groups excluding carboxylic acids is 1. The lowest BCUT2D eigenvalue weighted by atomic mass is 10.0. The largest absolute Gasteiger partial charge is 0.340 e. The molecule has 4 nitrogen and oxygen atoms in total. The SMILES string of the molecule is O=C(Cn1cccn1)N1CCC(=C2CC2)CC1. The summed E-state index contributed by atoms with van der Waals surface area (Å²) in [5.74, 6) is 0.188. The molecule has 0 N–H and O–H groups in total. The van der Waals surface area contributed by atoms with Crippen LogP contribution in [0.25, 0.3) is 0 Å². The maximum Gasteiger partial charge on any atom is 0.244 e. The number of aromatic nitrogens is 2. The van der Waals surface area contributed by atoms with Crippen LogP contribution < -0.4 is 0 Å². The number of hydrogen-bond acceptors (Lipinski definition) is 2. The summed E-state index contributed by atoms with van der Waals surface area (Å²) in [6.45, 7) is 2.15. The van der Waals surface area contributed by atoms with Gasteiger partial charge in [-0.05, 0) is 31.7 Å². The highest BCUT2D eigenvalue weighted by atomic mass is 16.2. The molecule has 1 saturated heterocycles. The second-order valence-electron chi connectivity index (χ2n) is 4.79. The van der Waals surface area contributed by atoms with Crippen LogP contribution in [0.3, 0.4) is 0 Å². The van der Waals surface area contributed by atoms with Crippen molar-refractivity contribution in [3.63, 3.8) is 0 Å². The molecule has 0 radical (unpaired) electrons. The molecular formula is C13H17N3O. The standard InChI is InChI=1S/C13H17N3O/c17-13(10-16-7-1-6-14-16)15-8-4-12(5-9-15)11-2-3-11/h1,6-7H,2-5,8-10H2. The van der Waals surface area contributed by atoms with Gasteiger partial charge in [0.1, 0.15) is 6.54 Å². The lowest BCUT2D eigenvalue weighted by Crippen LogP contribution is -2.38. The highest BCUT2D eigenvalue weighted by Crippen LogP contribution is 2.35. The van der Waals surface area contributed by atoms with Crippen molar-refractivity contribution in [2.24, 2.45) is 0 Å². The number of rotatable bonds is 2. The molecular weight excluding hydrogens is 214 g/mol. The fraction of sp³-hybridized carbons (Fsp3) is 0.538. The Balaban J connectivity index is 1.55. The summed E-state index contributed by atoms with van der Waals surface area (Å²) >= 11 is 0. The van der Waals surface area contributed by atoms with Crippen LogP contribution in [0.1, 0.15) is 25.7 Å². The quantitative estimate of drug-likeness (QED) is 0.725. The summed E-state index contributed by atoms with van der Waals surface area (Å²) < 4.78 is 1.69. The van der Waals surface area contributed by atoms with Gasteiger partial charge < -0.3 is 4.90 Å². The minimum Gasteiger partial charge on any atom is -0.340 e. The van der Waals surface area contributed by atoms with E-state index in [0.29, 0.717) is 6.54 Å². The third-order valence-electron chi connectivity index (χ3n) is 3.58. The van der Waals surface area contributed by atoms with Crippen molar-refractivity contribution >= 4 is 5.91 Å². The van der Waals surface area contributed by atoms with Crippen molar-refractivity contribution in [2.45, 2.75) is 32.2 Å². The lowest BCUT2D eigenvalue weighted by molar-refractivity contribution is -0.132. The number of carbonyl (C=O) groups is 1. The van der Waals surface area contributed by atoms with Crippen LogP contribution in [0.4, 0.5) is 0 Å². The van der Waals surface area contributed by atoms with Crippen molar-refractivity contribution in [2.75, 3.05) is 13.1 Å². The van der Waals surface area contributed by atoms with Gasteiger partial charge in [0.25, 0.3) is 0 Å². The average Bonchev–Trinajstić information content (AvgIpc) is 3.09. The molecule has 2 aliphatic rings. The molecule has 2 heterocycles. The highest BCUT2D eigenvalue weighted by molar-refractivity contribution is 5.76. The number of piperidine rings is 1. The smallest absolute Gasteiger partial charge is 0.244 e. The summed E-state index contributed by atoms with van der Waals surface area (Å²) in [5.41, 5.74) is 3.28. The Labute approximate surface area is 101 Å². The number of allylic oxidation sites excluding steroid dienone is 1. The van der Waals surface area contributed by atoms with Gasteiger partial charge >= 0.3 is 0 Å². The number of nitrogens with zero attached hydrogens (tertiary/aromatic N) is 3. The van der Waals surface area contributed by atoms with E-state index in [9.17, 15) is 4.79 Å². The van der Waals surface area contributed by atoms with Crippen LogP contribution in [0.5, 0.6) is 0 Å². The molecule has 0 atom stereocenters. The fourth-order valence-corrected chi connectivity index (χ4v) is 2.43. The van der Waals surface area contributed by atoms with Crippen LogP contribution in [-0.2, 0) is 11.3 Å². The molecule has 1 saturated carbocycles. The fourth-order valence-electron chi connectivity index (χ4n) is 2.43. The molecule has 1 aliphatic carbocycles. The van der Waals surface area contributed by atoms with E-state index in [4.69, 9.17) is 0 Å². The Bertz CT molecular complexity index is 431. The maximum atomic E-state index is 12.0. The third-order valence-corrected chi connectivity index (χ3v) is 3.58. The zero-order chi connectivity index (χ0) is 11.7. The van der Waals surface area contributed by atoms with Crippen molar-refractivity contribution in [3.05, 3.63) is 29.6 Å². The van der Waals surface area contributed by atoms with Gasteiger partial charge in [-0.15, -0.1) is 0 Å². The van der Waals surface area contributed by atoms with Gasteiger partial charge in [0.2, 0.25) is 5.91 Å². The normalized spacial score (nSPS) is 19.6. The van der Waals surface area contributed by atoms with E-state index in [1.165, 1.54) is 12.8 Å². The summed E-state index contributed by atoms with van der Waals surface area (Å²) in [5, 5.41) is 4.06. The molecule has 0 spiro atoms. The van der Waals surface area contributed by atoms with Gasteiger partial charge in [-0.2, -0.15) is 5.10 Å². The van der Waals surface area contributed by atoms with E-state index in [0.717, 1.165) is 25.9 Å². The van der Waals surface area contributed by atoms with Gasteiger partial charge in [0.05, 0.1) is 0 Å². The van der Waals surface area contributed by atoms with Gasteiger partial charge in [-0.25, -0.2) is 0 Å². The lowest BCUT2D eigenvalue weighted by Gasteiger charge is -2.28. The molecule has 0 aromatic carbocycles. The zero-order valence-electron chi connectivity index (χ0n) is 9.93. The highest BCUT2D eigenvalue weighted by Gasteiger charge is 2.24. The van der Waals surface area contributed by atoms with Gasteiger partial charge in [-0.1, -0.05) is 11.1 Å². The Morgan fingerprint density at radius 1 is 1.18 bits per heavy atom. The first-order chi connectivity index (χ1) is 8.33. The Morgan fingerprint density at radius 2 is 1.88 bits per heavy atom. The monoisotopic (exact) mass is 231 g/mol. The Hall–Kier alpha value is -1.58. The summed E-state index contributed by atoms with van der Waals surface area (Å²) in [4.78, 5) is 14.0. The molecule has 4 heteroatoms. The van der Waals surface area contributed by atoms with Crippen LogP contribution in [0.2, 0.25) is 0 Å². The van der Waals surface area contributed by atoms with E-state index in [-0.39, 0.29) is 5.91 Å². The van der Waals surface area contributed by atoms with E-state index < -0.39 is 0 Å². The van der Waals surface area contributed by atoms with E-state index in [1.807, 2.05) is 17.2 Å². The minimum absolute atomic E-state index is 0.188. The zero-order valence-corrected chi connectivity index (χ0v) is 9.93. The maximum absolute atomic E-state index is 12.0. The van der Waals surface area contributed by atoms with Crippen molar-refractivity contribution in [1.82, 2.24) is 14.7 Å². The second-order valence-corrected chi connectivity index (χ2v) is 4.79. The van der Waals surface area contributed by atoms with Crippen LogP contribution in [0, 0.1) is 0 Å². The van der Waals surface area contributed by atoms with Crippen molar-refractivity contribution in [3.8, 4) is 0 Å². The molecule has 1 aromatic heterocycles. The summed E-state index contributed by atoms with van der Waals surface area (Å²) in [6.07, 6.45) is 8.31. The minimum atomic E-state index is 0.188. The Morgan fingerprint density at radius 3 is 2.47 bits per heavy atom. The predicted octanol–water partition coefficient (Wildman–Crippen LogP) is 1.60. The van der Waals surface area contributed by atoms with E-state index >= 15 is 0 Å². The molecule has 0 bridgehead atoms. The van der Waals surface area contributed by atoms with Crippen molar-refractivity contribution in [1.29, 1.82) is 0 Å². The summed E-state index contributed by atoms with van der Waals surface area (Å²) in [6, 6.07) is 1.85. The first-order valence-electron chi connectivity index (χ1n) is 6.28. The number of hydrogen-bond donors (Lipinski definition) is 0. The molecule has 3 rings (SSSR count). The predicted molar refractivity (Wildman–Crippen MR) is 64.3 cm³/mol. The molecule has 1 aliphatic heterocycles. The van der Waals surface area contributed by atoms with Crippen LogP contribution in [0.15, 0.2) is 29.6 Å². The Kier molecular flexibility index (Phi) is 2.71. The van der Waals surface area contributed by atoms with Gasteiger partial charge in [-0.3, -0.25) is 9.48 Å². The van der Waals surface area contributed by atoms with Crippen LogP contribution in [-0.4, -0.2) is 33.7 Å². The molecule has 2 fully saturated rings.